The molecule has 1 N–H and O–H groups in total. The predicted molar refractivity (Wildman–Crippen MR) is 78.5 cm³/mol. The van der Waals surface area contributed by atoms with E-state index in [0.29, 0.717) is 5.69 Å². The first kappa shape index (κ1) is 15.0. The third-order valence-corrected chi connectivity index (χ3v) is 3.79. The van der Waals surface area contributed by atoms with Crippen LogP contribution in [0.1, 0.15) is 5.56 Å². The van der Waals surface area contributed by atoms with Gasteiger partial charge in [-0.3, -0.25) is 0 Å². The van der Waals surface area contributed by atoms with Crippen LogP contribution in [0.15, 0.2) is 28.7 Å². The van der Waals surface area contributed by atoms with Crippen molar-refractivity contribution < 1.29 is 8.78 Å². The quantitative estimate of drug-likeness (QED) is 0.686. The van der Waals surface area contributed by atoms with E-state index in [0.717, 1.165) is 0 Å². The van der Waals surface area contributed by atoms with Crippen LogP contribution < -0.4 is 5.32 Å². The lowest BCUT2D eigenvalue weighted by Crippen LogP contribution is -1.97. The number of anilines is 2. The van der Waals surface area contributed by atoms with Gasteiger partial charge in [-0.2, -0.15) is 5.26 Å². The summed E-state index contributed by atoms with van der Waals surface area (Å²) in [6, 6.07) is 7.26. The van der Waals surface area contributed by atoms with E-state index in [9.17, 15) is 8.78 Å². The van der Waals surface area contributed by atoms with Gasteiger partial charge in [-0.15, -0.1) is 0 Å². The molecular formula is C13H5BrCl2F2N2. The van der Waals surface area contributed by atoms with Crippen LogP contribution in [0.2, 0.25) is 10.0 Å². The second-order valence-corrected chi connectivity index (χ2v) is 5.39. The van der Waals surface area contributed by atoms with Crippen LogP contribution in [0.5, 0.6) is 0 Å². The molecule has 2 aromatic rings. The van der Waals surface area contributed by atoms with Crippen molar-refractivity contribution in [1.29, 1.82) is 5.26 Å². The molecule has 2 nitrogen and oxygen atoms in total. The van der Waals surface area contributed by atoms with Gasteiger partial charge in [0.25, 0.3) is 0 Å². The highest BCUT2D eigenvalue weighted by Gasteiger charge is 2.13. The number of benzene rings is 2. The van der Waals surface area contributed by atoms with E-state index in [-0.39, 0.29) is 25.8 Å². The van der Waals surface area contributed by atoms with Crippen LogP contribution in [-0.4, -0.2) is 0 Å². The SMILES string of the molecule is N#Cc1ccc(Nc2cc(Cl)c(F)c(Cl)c2)c(F)c1Br. The maximum atomic E-state index is 14.0. The van der Waals surface area contributed by atoms with Crippen molar-refractivity contribution in [2.24, 2.45) is 0 Å². The third-order valence-electron chi connectivity index (χ3n) is 2.47. The Morgan fingerprint density at radius 2 is 1.70 bits per heavy atom. The second kappa shape index (κ2) is 5.96. The topological polar surface area (TPSA) is 35.8 Å². The van der Waals surface area contributed by atoms with Crippen LogP contribution in [0.3, 0.4) is 0 Å². The molecular weight excluding hydrogens is 373 g/mol. The molecule has 0 unspecified atom stereocenters. The Kier molecular flexibility index (Phi) is 4.48. The minimum Gasteiger partial charge on any atom is -0.353 e. The third kappa shape index (κ3) is 2.88. The first-order valence-corrected chi connectivity index (χ1v) is 6.78. The van der Waals surface area contributed by atoms with Crippen molar-refractivity contribution in [2.75, 3.05) is 5.32 Å². The summed E-state index contributed by atoms with van der Waals surface area (Å²) in [5, 5.41) is 11.2. The largest absolute Gasteiger partial charge is 0.353 e. The number of nitrogens with zero attached hydrogens (tertiary/aromatic N) is 1. The van der Waals surface area contributed by atoms with E-state index in [4.69, 9.17) is 28.5 Å². The fourth-order valence-electron chi connectivity index (χ4n) is 1.52. The standard InChI is InChI=1S/C13H5BrCl2F2N2/c14-11-6(5-19)1-2-10(13(11)18)20-7-3-8(15)12(17)9(16)4-7/h1-4,20H. The fraction of sp³-hybridized carbons (Fsp3) is 0. The molecule has 0 radical (unpaired) electrons. The van der Waals surface area contributed by atoms with Gasteiger partial charge in [-0.05, 0) is 40.2 Å². The Labute approximate surface area is 132 Å². The van der Waals surface area contributed by atoms with Gasteiger partial charge in [-0.1, -0.05) is 23.2 Å². The second-order valence-electron chi connectivity index (χ2n) is 3.78. The zero-order chi connectivity index (χ0) is 14.9. The summed E-state index contributed by atoms with van der Waals surface area (Å²) < 4.78 is 27.3. The minimum atomic E-state index is -0.736. The monoisotopic (exact) mass is 376 g/mol. The van der Waals surface area contributed by atoms with Gasteiger partial charge < -0.3 is 5.32 Å². The molecule has 0 saturated carbocycles. The molecule has 0 aliphatic carbocycles. The molecule has 0 aromatic heterocycles. The summed E-state index contributed by atoms with van der Waals surface area (Å²) in [6.45, 7) is 0. The summed E-state index contributed by atoms with van der Waals surface area (Å²) in [6.07, 6.45) is 0. The Balaban J connectivity index is 2.41. The van der Waals surface area contributed by atoms with Gasteiger partial charge in [0.05, 0.1) is 25.8 Å². The first-order valence-electron chi connectivity index (χ1n) is 5.23. The number of hydrogen-bond donors (Lipinski definition) is 1. The van der Waals surface area contributed by atoms with Gasteiger partial charge in [0.1, 0.15) is 6.07 Å². The Hall–Kier alpha value is -1.35. The average molecular weight is 378 g/mol. The highest BCUT2D eigenvalue weighted by molar-refractivity contribution is 9.10. The van der Waals surface area contributed by atoms with Crippen LogP contribution in [0, 0.1) is 23.0 Å². The molecule has 0 atom stereocenters. The van der Waals surface area contributed by atoms with Crippen molar-refractivity contribution in [3.05, 3.63) is 56.0 Å². The zero-order valence-electron chi connectivity index (χ0n) is 9.65. The number of hydrogen-bond acceptors (Lipinski definition) is 2. The molecule has 0 spiro atoms. The summed E-state index contributed by atoms with van der Waals surface area (Å²) >= 11 is 14.3. The first-order chi connectivity index (χ1) is 9.43. The van der Waals surface area contributed by atoms with Gasteiger partial charge in [-0.25, -0.2) is 8.78 Å². The number of halogens is 5. The highest BCUT2D eigenvalue weighted by atomic mass is 79.9. The molecule has 2 rings (SSSR count). The molecule has 7 heteroatoms. The summed E-state index contributed by atoms with van der Waals surface area (Å²) in [4.78, 5) is 0. The number of nitriles is 1. The lowest BCUT2D eigenvalue weighted by Gasteiger charge is -2.10. The summed E-state index contributed by atoms with van der Waals surface area (Å²) in [5.74, 6) is -1.37. The Morgan fingerprint density at radius 3 is 2.25 bits per heavy atom. The van der Waals surface area contributed by atoms with Crippen LogP contribution in [0.25, 0.3) is 0 Å². The van der Waals surface area contributed by atoms with Gasteiger partial charge in [0, 0.05) is 5.69 Å². The van der Waals surface area contributed by atoms with Gasteiger partial charge in [0.2, 0.25) is 0 Å². The normalized spacial score (nSPS) is 10.2. The maximum Gasteiger partial charge on any atom is 0.162 e. The molecule has 2 aromatic carbocycles. The lowest BCUT2D eigenvalue weighted by atomic mass is 10.2. The van der Waals surface area contributed by atoms with Crippen molar-refractivity contribution >= 4 is 50.5 Å². The van der Waals surface area contributed by atoms with E-state index < -0.39 is 11.6 Å². The molecule has 0 heterocycles. The van der Waals surface area contributed by atoms with E-state index in [2.05, 4.69) is 21.2 Å². The zero-order valence-corrected chi connectivity index (χ0v) is 12.7. The van der Waals surface area contributed by atoms with Gasteiger partial charge in [0.15, 0.2) is 11.6 Å². The molecule has 102 valence electrons. The van der Waals surface area contributed by atoms with E-state index in [1.54, 1.807) is 0 Å². The van der Waals surface area contributed by atoms with E-state index in [1.165, 1.54) is 24.3 Å². The molecule has 0 amide bonds. The van der Waals surface area contributed by atoms with Crippen molar-refractivity contribution in [3.63, 3.8) is 0 Å². The van der Waals surface area contributed by atoms with E-state index >= 15 is 0 Å². The smallest absolute Gasteiger partial charge is 0.162 e. The van der Waals surface area contributed by atoms with E-state index in [1.807, 2.05) is 6.07 Å². The summed E-state index contributed by atoms with van der Waals surface area (Å²) in [5.41, 5.74) is 0.606. The number of nitrogens with one attached hydrogen (secondary N) is 1. The minimum absolute atomic E-state index is 0.0457. The molecule has 0 saturated heterocycles. The van der Waals surface area contributed by atoms with Crippen LogP contribution in [-0.2, 0) is 0 Å². The molecule has 0 aliphatic rings. The lowest BCUT2D eigenvalue weighted by molar-refractivity contribution is 0.624. The Bertz CT molecular complexity index is 706. The van der Waals surface area contributed by atoms with Crippen molar-refractivity contribution in [1.82, 2.24) is 0 Å². The van der Waals surface area contributed by atoms with Crippen LogP contribution in [0.4, 0.5) is 20.2 Å². The summed E-state index contributed by atoms with van der Waals surface area (Å²) in [7, 11) is 0. The molecule has 0 fully saturated rings. The molecule has 0 aliphatic heterocycles. The predicted octanol–water partition coefficient (Wildman–Crippen LogP) is 5.65. The number of rotatable bonds is 2. The maximum absolute atomic E-state index is 14.0. The fourth-order valence-corrected chi connectivity index (χ4v) is 2.44. The van der Waals surface area contributed by atoms with Crippen LogP contribution >= 0.6 is 39.1 Å². The van der Waals surface area contributed by atoms with Crippen molar-refractivity contribution in [3.8, 4) is 6.07 Å². The van der Waals surface area contributed by atoms with Gasteiger partial charge >= 0.3 is 0 Å². The molecule has 20 heavy (non-hydrogen) atoms. The molecule has 0 bridgehead atoms. The highest BCUT2D eigenvalue weighted by Crippen LogP contribution is 2.32. The van der Waals surface area contributed by atoms with Crippen molar-refractivity contribution in [2.45, 2.75) is 0 Å². The Morgan fingerprint density at radius 1 is 1.10 bits per heavy atom. The average Bonchev–Trinajstić information content (AvgIpc) is 2.41.